The number of aromatic nitrogens is 1. The maximum absolute atomic E-state index is 15.8. The topological polar surface area (TPSA) is 80.6 Å². The predicted molar refractivity (Wildman–Crippen MR) is 202 cm³/mol. The Kier molecular flexibility index (Phi) is 12.0. The van der Waals surface area contributed by atoms with Crippen LogP contribution in [0.4, 0.5) is 4.39 Å². The quantitative estimate of drug-likeness (QED) is 0.139. The smallest absolute Gasteiger partial charge is 0.339 e. The second-order valence-corrected chi connectivity index (χ2v) is 13.4. The lowest BCUT2D eigenvalue weighted by Gasteiger charge is -2.33. The Hall–Kier alpha value is -5.50. The first-order valence-corrected chi connectivity index (χ1v) is 18.3. The number of halogens is 1. The molecule has 7 nitrogen and oxygen atoms in total. The Labute approximate surface area is 305 Å². The Balaban J connectivity index is 1.44. The van der Waals surface area contributed by atoms with E-state index < -0.39 is 29.6 Å². The van der Waals surface area contributed by atoms with Crippen molar-refractivity contribution in [1.82, 2.24) is 14.8 Å². The first kappa shape index (κ1) is 36.3. The second-order valence-electron chi connectivity index (χ2n) is 13.4. The summed E-state index contributed by atoms with van der Waals surface area (Å²) in [6.07, 6.45) is 7.14. The second kappa shape index (κ2) is 17.1. The molecule has 4 aromatic carbocycles. The fourth-order valence-electron chi connectivity index (χ4n) is 7.21. The molecule has 1 aromatic heterocycles. The number of carbonyl (C=O) groups is 3. The van der Waals surface area contributed by atoms with Crippen molar-refractivity contribution >= 4 is 17.8 Å². The lowest BCUT2D eigenvalue weighted by atomic mass is 9.95. The van der Waals surface area contributed by atoms with Gasteiger partial charge in [0.15, 0.2) is 0 Å². The van der Waals surface area contributed by atoms with Crippen LogP contribution in [0.15, 0.2) is 115 Å². The largest absolute Gasteiger partial charge is 0.462 e. The molecular weight excluding hydrogens is 653 g/mol. The molecule has 2 amide bonds. The van der Waals surface area contributed by atoms with Crippen LogP contribution in [0.5, 0.6) is 0 Å². The van der Waals surface area contributed by atoms with Crippen LogP contribution in [0.25, 0.3) is 16.9 Å². The van der Waals surface area contributed by atoms with Gasteiger partial charge in [0.05, 0.1) is 17.9 Å². The highest BCUT2D eigenvalue weighted by Gasteiger charge is 2.35. The van der Waals surface area contributed by atoms with E-state index in [1.165, 1.54) is 17.4 Å². The summed E-state index contributed by atoms with van der Waals surface area (Å²) < 4.78 is 23.1. The molecule has 52 heavy (non-hydrogen) atoms. The van der Waals surface area contributed by atoms with Gasteiger partial charge in [0.1, 0.15) is 11.9 Å². The molecule has 0 saturated heterocycles. The number of benzene rings is 4. The summed E-state index contributed by atoms with van der Waals surface area (Å²) in [5, 5.41) is 3.23. The van der Waals surface area contributed by atoms with E-state index in [2.05, 4.69) is 5.32 Å². The van der Waals surface area contributed by atoms with Crippen LogP contribution in [0, 0.1) is 12.7 Å². The molecule has 268 valence electrons. The minimum absolute atomic E-state index is 0.0548. The number of nitrogens with one attached hydrogen (secondary N) is 1. The molecule has 1 heterocycles. The zero-order valence-corrected chi connectivity index (χ0v) is 29.9. The highest BCUT2D eigenvalue weighted by molar-refractivity contribution is 5.99. The molecule has 0 bridgehead atoms. The Morgan fingerprint density at radius 1 is 0.827 bits per heavy atom. The number of carbonyl (C=O) groups excluding carboxylic acids is 3. The van der Waals surface area contributed by atoms with Crippen LogP contribution in [-0.2, 0) is 16.1 Å². The molecule has 1 N–H and O–H groups in total. The van der Waals surface area contributed by atoms with Crippen molar-refractivity contribution in [1.29, 1.82) is 0 Å². The van der Waals surface area contributed by atoms with Crippen molar-refractivity contribution < 1.29 is 23.5 Å². The van der Waals surface area contributed by atoms with Crippen molar-refractivity contribution in [3.8, 4) is 16.9 Å². The van der Waals surface area contributed by atoms with Crippen LogP contribution < -0.4 is 5.32 Å². The van der Waals surface area contributed by atoms with E-state index in [1.54, 1.807) is 43.3 Å². The van der Waals surface area contributed by atoms with E-state index in [0.29, 0.717) is 22.5 Å². The normalized spacial score (nSPS) is 14.1. The molecule has 1 saturated carbocycles. The van der Waals surface area contributed by atoms with Crippen molar-refractivity contribution in [3.63, 3.8) is 0 Å². The molecule has 0 unspecified atom stereocenters. The number of hydrogen-bond donors (Lipinski definition) is 1. The van der Waals surface area contributed by atoms with Crippen molar-refractivity contribution in [2.75, 3.05) is 6.61 Å². The summed E-state index contributed by atoms with van der Waals surface area (Å²) in [7, 11) is 0. The van der Waals surface area contributed by atoms with Crippen LogP contribution >= 0.6 is 0 Å². The van der Waals surface area contributed by atoms with Gasteiger partial charge in [-0.25, -0.2) is 9.18 Å². The summed E-state index contributed by atoms with van der Waals surface area (Å²) in [6.45, 7) is 3.93. The van der Waals surface area contributed by atoms with Gasteiger partial charge in [0.2, 0.25) is 5.91 Å². The molecular formula is C44H46FN3O4. The average Bonchev–Trinajstić information content (AvgIpc) is 3.50. The maximum Gasteiger partial charge on any atom is 0.339 e. The zero-order chi connectivity index (χ0) is 36.5. The van der Waals surface area contributed by atoms with Gasteiger partial charge in [0.25, 0.3) is 5.91 Å². The molecule has 8 heteroatoms. The summed E-state index contributed by atoms with van der Waals surface area (Å²) in [5.41, 5.74) is 4.64. The Bertz CT molecular complexity index is 1980. The van der Waals surface area contributed by atoms with Gasteiger partial charge >= 0.3 is 5.97 Å². The lowest BCUT2D eigenvalue weighted by Crippen LogP contribution is -2.47. The molecule has 0 radical (unpaired) electrons. The van der Waals surface area contributed by atoms with E-state index in [0.717, 1.165) is 55.3 Å². The van der Waals surface area contributed by atoms with Crippen molar-refractivity contribution in [2.45, 2.75) is 77.4 Å². The molecule has 1 fully saturated rings. The number of hydrogen-bond acceptors (Lipinski definition) is 4. The first-order chi connectivity index (χ1) is 25.4. The maximum atomic E-state index is 15.8. The average molecular weight is 700 g/mol. The van der Waals surface area contributed by atoms with Crippen LogP contribution in [0.2, 0.25) is 0 Å². The molecule has 0 spiro atoms. The molecule has 1 aliphatic carbocycles. The lowest BCUT2D eigenvalue weighted by molar-refractivity contribution is -0.127. The number of amides is 2. The number of nitrogens with zero attached hydrogens (tertiary/aromatic N) is 2. The van der Waals surface area contributed by atoms with Crippen molar-refractivity contribution in [3.05, 3.63) is 149 Å². The minimum atomic E-state index is -1.23. The Morgan fingerprint density at radius 3 is 2.17 bits per heavy atom. The zero-order valence-electron chi connectivity index (χ0n) is 29.9. The molecule has 1 aliphatic rings. The molecule has 0 aliphatic heterocycles. The van der Waals surface area contributed by atoms with E-state index in [-0.39, 0.29) is 24.8 Å². The monoisotopic (exact) mass is 699 g/mol. The van der Waals surface area contributed by atoms with Gasteiger partial charge < -0.3 is 19.5 Å². The van der Waals surface area contributed by atoms with Crippen LogP contribution in [0.3, 0.4) is 0 Å². The fraction of sp³-hybridized carbons (Fsp3) is 0.295. The third-order valence-corrected chi connectivity index (χ3v) is 9.83. The molecule has 6 rings (SSSR count). The summed E-state index contributed by atoms with van der Waals surface area (Å²) in [6, 6.07) is 33.0. The predicted octanol–water partition coefficient (Wildman–Crippen LogP) is 9.38. The van der Waals surface area contributed by atoms with Gasteiger partial charge in [-0.3, -0.25) is 9.59 Å². The van der Waals surface area contributed by atoms with Crippen molar-refractivity contribution in [2.24, 2.45) is 0 Å². The van der Waals surface area contributed by atoms with Gasteiger partial charge in [-0.1, -0.05) is 117 Å². The third-order valence-electron chi connectivity index (χ3n) is 9.83. The summed E-state index contributed by atoms with van der Waals surface area (Å²) >= 11 is 0. The Morgan fingerprint density at radius 2 is 1.48 bits per heavy atom. The van der Waals surface area contributed by atoms with E-state index in [1.807, 2.05) is 84.3 Å². The SMILES string of the molecule is CCOC(=O)c1cc(-c2ccccc2)n(-c2cccc(C(=O)N(Cc3ccccc3)[C@H](C(=O)NC3CCCCCCC3)c3ccccc3F)c2)c1C. The van der Waals surface area contributed by atoms with Gasteiger partial charge in [-0.15, -0.1) is 0 Å². The molecule has 5 aromatic rings. The standard InChI is InChI=1S/C44H46FN3O4/c1-3-52-44(51)38-29-40(33-20-11-8-12-21-33)48(31(38)2)36-25-17-22-34(28-36)43(50)47(30-32-18-9-7-10-19-32)41(37-26-15-16-27-39(37)45)42(49)46-35-23-13-5-4-6-14-24-35/h7-12,15-22,25-29,35,41H,3-6,13-14,23-24,30H2,1-2H3,(H,46,49)/t41-/m0/s1. The summed E-state index contributed by atoms with van der Waals surface area (Å²) in [5.74, 6) is -1.81. The minimum Gasteiger partial charge on any atom is -0.462 e. The highest BCUT2D eigenvalue weighted by atomic mass is 19.1. The number of rotatable bonds is 11. The van der Waals surface area contributed by atoms with Gasteiger partial charge in [-0.2, -0.15) is 0 Å². The highest BCUT2D eigenvalue weighted by Crippen LogP contribution is 2.33. The fourth-order valence-corrected chi connectivity index (χ4v) is 7.21. The van der Waals surface area contributed by atoms with Crippen LogP contribution in [0.1, 0.15) is 95.4 Å². The van der Waals surface area contributed by atoms with Crippen LogP contribution in [-0.4, -0.2) is 39.9 Å². The summed E-state index contributed by atoms with van der Waals surface area (Å²) in [4.78, 5) is 43.9. The van der Waals surface area contributed by atoms with Gasteiger partial charge in [-0.05, 0) is 68.1 Å². The van der Waals surface area contributed by atoms with Gasteiger partial charge in [0, 0.05) is 35.1 Å². The van der Waals surface area contributed by atoms with E-state index >= 15 is 4.39 Å². The number of esters is 1. The third kappa shape index (κ3) is 8.34. The first-order valence-electron chi connectivity index (χ1n) is 18.3. The molecule has 1 atom stereocenters. The van der Waals surface area contributed by atoms with E-state index in [4.69, 9.17) is 4.74 Å². The van der Waals surface area contributed by atoms with E-state index in [9.17, 15) is 14.4 Å². The number of ether oxygens (including phenoxy) is 1.